The van der Waals surface area contributed by atoms with E-state index in [9.17, 15) is 9.90 Å². The van der Waals surface area contributed by atoms with Crippen LogP contribution in [-0.4, -0.2) is 30.5 Å². The molecule has 36 heavy (non-hydrogen) atoms. The number of ether oxygens (including phenoxy) is 2. The molecule has 1 amide bonds. The second-order valence-corrected chi connectivity index (χ2v) is 11.4. The van der Waals surface area contributed by atoms with Crippen LogP contribution in [-0.2, 0) is 27.4 Å². The lowest BCUT2D eigenvalue weighted by molar-refractivity contribution is -0.276. The lowest BCUT2D eigenvalue weighted by Gasteiger charge is -2.41. The standard InChI is InChI=1S/C24H22Cl5N3O4/c1-13-18(10-32-12-30-20(25)21(32)26)35-22(36-19(13)15-7-5-14(11-33)6-8-15)16-3-2-4-17(9-16)31-23(34)24(27,28)29/h2-9,12-13,18-19,22,33H,10-11H2,1H3,(H,31,34)/t13-,18+,19+,22+/m0/s1. The van der Waals surface area contributed by atoms with E-state index in [1.54, 1.807) is 29.1 Å². The molecule has 192 valence electrons. The number of nitrogens with zero attached hydrogens (tertiary/aromatic N) is 2. The van der Waals surface area contributed by atoms with Gasteiger partial charge in [0.25, 0.3) is 9.70 Å². The van der Waals surface area contributed by atoms with E-state index < -0.39 is 16.0 Å². The number of alkyl halides is 3. The van der Waals surface area contributed by atoms with Gasteiger partial charge in [0.05, 0.1) is 31.7 Å². The number of aliphatic hydroxyl groups excluding tert-OH is 1. The molecule has 1 saturated heterocycles. The minimum Gasteiger partial charge on any atom is -0.392 e. The fourth-order valence-electron chi connectivity index (χ4n) is 3.96. The zero-order valence-corrected chi connectivity index (χ0v) is 22.7. The van der Waals surface area contributed by atoms with Crippen LogP contribution in [0.3, 0.4) is 0 Å². The fraction of sp³-hybridized carbons (Fsp3) is 0.333. The molecule has 2 heterocycles. The van der Waals surface area contributed by atoms with Crippen LogP contribution in [0.1, 0.15) is 36.0 Å². The number of amides is 1. The molecule has 0 bridgehead atoms. The van der Waals surface area contributed by atoms with Crippen molar-refractivity contribution >= 4 is 69.6 Å². The summed E-state index contributed by atoms with van der Waals surface area (Å²) in [5.74, 6) is -0.874. The van der Waals surface area contributed by atoms with Gasteiger partial charge < -0.3 is 24.5 Å². The number of imidazole rings is 1. The first-order valence-electron chi connectivity index (χ1n) is 10.9. The highest BCUT2D eigenvalue weighted by Crippen LogP contribution is 2.43. The van der Waals surface area contributed by atoms with Crippen molar-refractivity contribution in [2.75, 3.05) is 5.32 Å². The topological polar surface area (TPSA) is 85.6 Å². The number of hydrogen-bond donors (Lipinski definition) is 2. The van der Waals surface area contributed by atoms with Crippen molar-refractivity contribution in [3.05, 3.63) is 81.9 Å². The summed E-state index contributed by atoms with van der Waals surface area (Å²) in [7, 11) is 0. The lowest BCUT2D eigenvalue weighted by atomic mass is 9.90. The van der Waals surface area contributed by atoms with Crippen LogP contribution >= 0.6 is 58.0 Å². The van der Waals surface area contributed by atoms with Crippen molar-refractivity contribution in [2.45, 2.75) is 42.4 Å². The van der Waals surface area contributed by atoms with Gasteiger partial charge in [-0.25, -0.2) is 4.98 Å². The highest BCUT2D eigenvalue weighted by Gasteiger charge is 2.39. The zero-order valence-electron chi connectivity index (χ0n) is 18.9. The summed E-state index contributed by atoms with van der Waals surface area (Å²) in [6.45, 7) is 2.35. The van der Waals surface area contributed by atoms with Gasteiger partial charge in [0.2, 0.25) is 0 Å². The molecule has 4 atom stereocenters. The smallest absolute Gasteiger partial charge is 0.276 e. The van der Waals surface area contributed by atoms with Crippen molar-refractivity contribution < 1.29 is 19.4 Å². The van der Waals surface area contributed by atoms with Crippen LogP contribution in [0.25, 0.3) is 0 Å². The number of halogens is 5. The van der Waals surface area contributed by atoms with E-state index in [1.807, 2.05) is 37.3 Å². The molecule has 3 aromatic rings. The number of carbonyl (C=O) groups excluding carboxylic acids is 1. The van der Waals surface area contributed by atoms with Crippen LogP contribution in [0.4, 0.5) is 5.69 Å². The molecule has 0 unspecified atom stereocenters. The first kappa shape index (κ1) is 27.5. The van der Waals surface area contributed by atoms with Crippen LogP contribution in [0.2, 0.25) is 10.3 Å². The van der Waals surface area contributed by atoms with Crippen molar-refractivity contribution in [2.24, 2.45) is 5.92 Å². The number of rotatable bonds is 6. The number of aliphatic hydroxyl groups is 1. The molecular formula is C24H22Cl5N3O4. The van der Waals surface area contributed by atoms with E-state index in [0.717, 1.165) is 11.1 Å². The fourth-order valence-corrected chi connectivity index (χ4v) is 4.41. The molecule has 1 aliphatic rings. The van der Waals surface area contributed by atoms with E-state index in [4.69, 9.17) is 67.5 Å². The normalized spacial score (nSPS) is 22.4. The molecule has 0 spiro atoms. The highest BCUT2D eigenvalue weighted by atomic mass is 35.6. The lowest BCUT2D eigenvalue weighted by Crippen LogP contribution is -2.39. The zero-order chi connectivity index (χ0) is 26.0. The Bertz CT molecular complexity index is 1220. The van der Waals surface area contributed by atoms with Crippen LogP contribution in [0.15, 0.2) is 54.9 Å². The molecule has 7 nitrogen and oxygen atoms in total. The predicted octanol–water partition coefficient (Wildman–Crippen LogP) is 6.48. The Kier molecular flexibility index (Phi) is 8.75. The number of benzene rings is 2. The summed E-state index contributed by atoms with van der Waals surface area (Å²) in [5, 5.41) is 12.5. The third kappa shape index (κ3) is 6.29. The quantitative estimate of drug-likeness (QED) is 0.320. The van der Waals surface area contributed by atoms with Crippen molar-refractivity contribution in [1.82, 2.24) is 9.55 Å². The average Bonchev–Trinajstić information content (AvgIpc) is 3.17. The van der Waals surface area contributed by atoms with Gasteiger partial charge in [-0.3, -0.25) is 4.79 Å². The van der Waals surface area contributed by atoms with Gasteiger partial charge in [0.1, 0.15) is 5.15 Å². The van der Waals surface area contributed by atoms with Gasteiger partial charge in [0.15, 0.2) is 11.4 Å². The summed E-state index contributed by atoms with van der Waals surface area (Å²) < 4.78 is 12.4. The van der Waals surface area contributed by atoms with Crippen molar-refractivity contribution in [1.29, 1.82) is 0 Å². The van der Waals surface area contributed by atoms with Gasteiger partial charge in [0, 0.05) is 17.2 Å². The molecule has 4 rings (SSSR count). The van der Waals surface area contributed by atoms with E-state index in [0.29, 0.717) is 22.9 Å². The van der Waals surface area contributed by atoms with E-state index in [2.05, 4.69) is 10.3 Å². The molecule has 0 radical (unpaired) electrons. The maximum Gasteiger partial charge on any atom is 0.276 e. The van der Waals surface area contributed by atoms with Crippen LogP contribution < -0.4 is 5.32 Å². The molecule has 0 saturated carbocycles. The highest BCUT2D eigenvalue weighted by molar-refractivity contribution is 6.76. The molecule has 1 aromatic heterocycles. The van der Waals surface area contributed by atoms with Gasteiger partial charge in [-0.15, -0.1) is 0 Å². The summed E-state index contributed by atoms with van der Waals surface area (Å²) >= 11 is 29.4. The molecule has 2 aromatic carbocycles. The Hall–Kier alpha value is -1.55. The molecular weight excluding hydrogens is 572 g/mol. The van der Waals surface area contributed by atoms with E-state index in [1.165, 1.54) is 0 Å². The second kappa shape index (κ2) is 11.5. The first-order chi connectivity index (χ1) is 17.1. The molecule has 0 aliphatic carbocycles. The Morgan fingerprint density at radius 1 is 1.11 bits per heavy atom. The third-order valence-electron chi connectivity index (χ3n) is 5.91. The first-order valence-corrected chi connectivity index (χ1v) is 12.8. The molecule has 2 N–H and O–H groups in total. The average molecular weight is 594 g/mol. The van der Waals surface area contributed by atoms with Gasteiger partial charge >= 0.3 is 0 Å². The van der Waals surface area contributed by atoms with Gasteiger partial charge in [-0.2, -0.15) is 0 Å². The van der Waals surface area contributed by atoms with E-state index >= 15 is 0 Å². The maximum atomic E-state index is 12.1. The summed E-state index contributed by atoms with van der Waals surface area (Å²) in [6, 6.07) is 14.5. The minimum atomic E-state index is -2.11. The number of nitrogens with one attached hydrogen (secondary N) is 1. The predicted molar refractivity (Wildman–Crippen MR) is 141 cm³/mol. The van der Waals surface area contributed by atoms with Crippen molar-refractivity contribution in [3.63, 3.8) is 0 Å². The summed E-state index contributed by atoms with van der Waals surface area (Å²) in [6.07, 6.45) is 0.0895. The third-order valence-corrected chi connectivity index (χ3v) is 7.19. The Morgan fingerprint density at radius 2 is 1.83 bits per heavy atom. The number of aromatic nitrogens is 2. The monoisotopic (exact) mass is 591 g/mol. The van der Waals surface area contributed by atoms with Crippen LogP contribution in [0.5, 0.6) is 0 Å². The Balaban J connectivity index is 1.64. The van der Waals surface area contributed by atoms with Gasteiger partial charge in [-0.1, -0.05) is 101 Å². The SMILES string of the molecule is C[C@H]1[C@@H](Cn2cnc(Cl)c2Cl)O[C@@H](c2cccc(NC(=O)C(Cl)(Cl)Cl)c2)O[C@H]1c1ccc(CO)cc1. The summed E-state index contributed by atoms with van der Waals surface area (Å²) in [4.78, 5) is 16.2. The molecule has 1 aliphatic heterocycles. The Morgan fingerprint density at radius 3 is 2.44 bits per heavy atom. The molecule has 1 fully saturated rings. The number of carbonyl (C=O) groups is 1. The Labute approximate surface area is 233 Å². The minimum absolute atomic E-state index is 0.0533. The summed E-state index contributed by atoms with van der Waals surface area (Å²) in [5.41, 5.74) is 2.79. The van der Waals surface area contributed by atoms with Gasteiger partial charge in [-0.05, 0) is 23.3 Å². The molecule has 12 heteroatoms. The second-order valence-electron chi connectivity index (χ2n) is 8.38. The number of anilines is 1. The largest absolute Gasteiger partial charge is 0.392 e. The number of hydrogen-bond acceptors (Lipinski definition) is 5. The maximum absolute atomic E-state index is 12.1. The van der Waals surface area contributed by atoms with E-state index in [-0.39, 0.29) is 29.9 Å². The van der Waals surface area contributed by atoms with Crippen molar-refractivity contribution in [3.8, 4) is 0 Å². The van der Waals surface area contributed by atoms with Crippen LogP contribution in [0, 0.1) is 5.92 Å².